The predicted molar refractivity (Wildman–Crippen MR) is 115 cm³/mol. The van der Waals surface area contributed by atoms with Crippen molar-refractivity contribution in [3.05, 3.63) is 52.5 Å². The summed E-state index contributed by atoms with van der Waals surface area (Å²) in [6, 6.07) is 11.7. The highest BCUT2D eigenvalue weighted by Gasteiger charge is 2.24. The quantitative estimate of drug-likeness (QED) is 0.637. The molecular weight excluding hydrogens is 394 g/mol. The summed E-state index contributed by atoms with van der Waals surface area (Å²) in [5, 5.41) is 1.73. The number of para-hydroxylation sites is 1. The lowest BCUT2D eigenvalue weighted by Crippen LogP contribution is -2.50. The Balaban J connectivity index is 1.36. The molecule has 4 rings (SSSR count). The van der Waals surface area contributed by atoms with Crippen LogP contribution in [0, 0.1) is 13.8 Å². The minimum absolute atomic E-state index is 0.0230. The molecule has 1 aliphatic heterocycles. The second-order valence-electron chi connectivity index (χ2n) is 6.94. The highest BCUT2D eigenvalue weighted by atomic mass is 35.5. The summed E-state index contributed by atoms with van der Waals surface area (Å²) < 4.78 is 6.84. The third kappa shape index (κ3) is 3.80. The number of piperazine rings is 1. The second kappa shape index (κ2) is 7.97. The number of carbonyl (C=O) groups is 1. The van der Waals surface area contributed by atoms with Gasteiger partial charge in [0.25, 0.3) is 5.91 Å². The summed E-state index contributed by atoms with van der Waals surface area (Å²) in [6.07, 6.45) is 0. The monoisotopic (exact) mass is 415 g/mol. The minimum Gasteiger partial charge on any atom is -0.484 e. The van der Waals surface area contributed by atoms with Crippen molar-refractivity contribution in [2.45, 2.75) is 13.8 Å². The number of benzene rings is 2. The molecule has 146 valence electrons. The summed E-state index contributed by atoms with van der Waals surface area (Å²) in [7, 11) is 0. The first kappa shape index (κ1) is 19.0. The molecule has 1 aliphatic rings. The van der Waals surface area contributed by atoms with Gasteiger partial charge in [-0.25, -0.2) is 4.98 Å². The first-order valence-corrected chi connectivity index (χ1v) is 10.5. The number of anilines is 1. The number of rotatable bonds is 4. The van der Waals surface area contributed by atoms with Gasteiger partial charge in [-0.1, -0.05) is 41.1 Å². The predicted octanol–water partition coefficient (Wildman–Crippen LogP) is 4.29. The summed E-state index contributed by atoms with van der Waals surface area (Å²) in [6.45, 7) is 6.93. The third-order valence-electron chi connectivity index (χ3n) is 5.08. The number of fused-ring (bicyclic) bond motifs is 1. The molecule has 1 aromatic heterocycles. The highest BCUT2D eigenvalue weighted by molar-refractivity contribution is 7.22. The van der Waals surface area contributed by atoms with Crippen LogP contribution in [0.5, 0.6) is 5.75 Å². The molecule has 0 atom stereocenters. The Labute approximate surface area is 173 Å². The number of hydrogen-bond acceptors (Lipinski definition) is 5. The van der Waals surface area contributed by atoms with E-state index in [1.165, 1.54) is 0 Å². The van der Waals surface area contributed by atoms with Crippen molar-refractivity contribution in [3.63, 3.8) is 0 Å². The maximum Gasteiger partial charge on any atom is 0.260 e. The zero-order valence-corrected chi connectivity index (χ0v) is 17.5. The van der Waals surface area contributed by atoms with Gasteiger partial charge in [-0.15, -0.1) is 0 Å². The normalized spacial score (nSPS) is 14.5. The van der Waals surface area contributed by atoms with Gasteiger partial charge in [0.1, 0.15) is 5.75 Å². The summed E-state index contributed by atoms with van der Waals surface area (Å²) >= 11 is 7.89. The van der Waals surface area contributed by atoms with Crippen molar-refractivity contribution in [1.82, 2.24) is 9.88 Å². The Kier molecular flexibility index (Phi) is 5.42. The van der Waals surface area contributed by atoms with Gasteiger partial charge in [-0.05, 0) is 43.2 Å². The van der Waals surface area contributed by atoms with E-state index >= 15 is 0 Å². The molecule has 0 aliphatic carbocycles. The van der Waals surface area contributed by atoms with Crippen LogP contribution in [0.4, 0.5) is 5.13 Å². The van der Waals surface area contributed by atoms with Gasteiger partial charge in [-0.3, -0.25) is 4.79 Å². The lowest BCUT2D eigenvalue weighted by molar-refractivity contribution is -0.133. The van der Waals surface area contributed by atoms with Crippen LogP contribution in [-0.4, -0.2) is 48.6 Å². The maximum atomic E-state index is 12.5. The van der Waals surface area contributed by atoms with Crippen LogP contribution < -0.4 is 9.64 Å². The molecule has 2 heterocycles. The molecule has 0 radical (unpaired) electrons. The van der Waals surface area contributed by atoms with E-state index in [0.717, 1.165) is 50.3 Å². The number of hydrogen-bond donors (Lipinski definition) is 0. The molecule has 5 nitrogen and oxygen atoms in total. The SMILES string of the molecule is Cc1ccccc1OCC(=O)N1CCN(c2nc3c(C)c(Cl)ccc3s2)CC1. The Morgan fingerprint density at radius 3 is 2.64 bits per heavy atom. The van der Waals surface area contributed by atoms with E-state index in [2.05, 4.69) is 4.90 Å². The van der Waals surface area contributed by atoms with E-state index in [9.17, 15) is 4.79 Å². The van der Waals surface area contributed by atoms with E-state index in [1.807, 2.05) is 55.1 Å². The van der Waals surface area contributed by atoms with Crippen LogP contribution in [0.1, 0.15) is 11.1 Å². The number of ether oxygens (including phenoxy) is 1. The topological polar surface area (TPSA) is 45.7 Å². The Bertz CT molecular complexity index is 1010. The fourth-order valence-electron chi connectivity index (χ4n) is 3.32. The standard InChI is InChI=1S/C21H22ClN3O2S/c1-14-5-3-4-6-17(14)27-13-19(26)24-9-11-25(12-10-24)21-23-20-15(2)16(22)7-8-18(20)28-21/h3-8H,9-13H2,1-2H3. The highest BCUT2D eigenvalue weighted by Crippen LogP contribution is 2.33. The van der Waals surface area contributed by atoms with Crippen LogP contribution in [0.25, 0.3) is 10.2 Å². The average molecular weight is 416 g/mol. The lowest BCUT2D eigenvalue weighted by atomic mass is 10.2. The fraction of sp³-hybridized carbons (Fsp3) is 0.333. The average Bonchev–Trinajstić information content (AvgIpc) is 3.15. The van der Waals surface area contributed by atoms with E-state index in [-0.39, 0.29) is 12.5 Å². The zero-order chi connectivity index (χ0) is 19.7. The Hall–Kier alpha value is -2.31. The van der Waals surface area contributed by atoms with Crippen LogP contribution >= 0.6 is 22.9 Å². The molecule has 0 unspecified atom stereocenters. The molecule has 7 heteroatoms. The van der Waals surface area contributed by atoms with Gasteiger partial charge in [-0.2, -0.15) is 0 Å². The van der Waals surface area contributed by atoms with Crippen molar-refractivity contribution in [2.24, 2.45) is 0 Å². The molecule has 2 aromatic carbocycles. The second-order valence-corrected chi connectivity index (χ2v) is 8.35. The van der Waals surface area contributed by atoms with Gasteiger partial charge in [0, 0.05) is 31.2 Å². The number of aryl methyl sites for hydroxylation is 2. The van der Waals surface area contributed by atoms with Crippen molar-refractivity contribution in [1.29, 1.82) is 0 Å². The van der Waals surface area contributed by atoms with Gasteiger partial charge >= 0.3 is 0 Å². The lowest BCUT2D eigenvalue weighted by Gasteiger charge is -2.34. The first-order valence-electron chi connectivity index (χ1n) is 9.30. The van der Waals surface area contributed by atoms with E-state index < -0.39 is 0 Å². The number of thiazole rings is 1. The van der Waals surface area contributed by atoms with Crippen LogP contribution in [0.15, 0.2) is 36.4 Å². The third-order valence-corrected chi connectivity index (χ3v) is 6.58. The molecule has 1 amide bonds. The molecular formula is C21H22ClN3O2S. The van der Waals surface area contributed by atoms with Gasteiger partial charge in [0.15, 0.2) is 11.7 Å². The number of halogens is 1. The number of aromatic nitrogens is 1. The molecule has 0 N–H and O–H groups in total. The van der Waals surface area contributed by atoms with Crippen molar-refractivity contribution in [2.75, 3.05) is 37.7 Å². The summed E-state index contributed by atoms with van der Waals surface area (Å²) in [5.41, 5.74) is 3.02. The number of nitrogens with zero attached hydrogens (tertiary/aromatic N) is 3. The van der Waals surface area contributed by atoms with E-state index in [4.69, 9.17) is 21.3 Å². The Morgan fingerprint density at radius 1 is 1.14 bits per heavy atom. The fourth-order valence-corrected chi connectivity index (χ4v) is 4.55. The Morgan fingerprint density at radius 2 is 1.89 bits per heavy atom. The molecule has 3 aromatic rings. The molecule has 0 spiro atoms. The van der Waals surface area contributed by atoms with E-state index in [0.29, 0.717) is 13.1 Å². The summed E-state index contributed by atoms with van der Waals surface area (Å²) in [4.78, 5) is 21.4. The minimum atomic E-state index is 0.0230. The van der Waals surface area contributed by atoms with E-state index in [1.54, 1.807) is 11.3 Å². The van der Waals surface area contributed by atoms with Crippen LogP contribution in [-0.2, 0) is 4.79 Å². The smallest absolute Gasteiger partial charge is 0.260 e. The maximum absolute atomic E-state index is 12.5. The van der Waals surface area contributed by atoms with Gasteiger partial charge < -0.3 is 14.5 Å². The zero-order valence-electron chi connectivity index (χ0n) is 15.9. The molecule has 0 bridgehead atoms. The number of amides is 1. The molecule has 0 saturated carbocycles. The summed E-state index contributed by atoms with van der Waals surface area (Å²) in [5.74, 6) is 0.785. The molecule has 28 heavy (non-hydrogen) atoms. The van der Waals surface area contributed by atoms with Crippen LogP contribution in [0.2, 0.25) is 5.02 Å². The first-order chi connectivity index (χ1) is 13.5. The largest absolute Gasteiger partial charge is 0.484 e. The van der Waals surface area contributed by atoms with Crippen molar-refractivity contribution >= 4 is 44.2 Å². The van der Waals surface area contributed by atoms with Gasteiger partial charge in [0.2, 0.25) is 0 Å². The molecule has 1 fully saturated rings. The number of carbonyl (C=O) groups excluding carboxylic acids is 1. The molecule has 1 saturated heterocycles. The van der Waals surface area contributed by atoms with Crippen LogP contribution in [0.3, 0.4) is 0 Å². The van der Waals surface area contributed by atoms with Crippen molar-refractivity contribution in [3.8, 4) is 5.75 Å². The van der Waals surface area contributed by atoms with Crippen molar-refractivity contribution < 1.29 is 9.53 Å². The van der Waals surface area contributed by atoms with Gasteiger partial charge in [0.05, 0.1) is 10.2 Å².